The van der Waals surface area contributed by atoms with Crippen LogP contribution < -0.4 is 0 Å². The first kappa shape index (κ1) is 16.1. The van der Waals surface area contributed by atoms with Crippen LogP contribution in [0.15, 0.2) is 0 Å². The van der Waals surface area contributed by atoms with Crippen LogP contribution in [0.25, 0.3) is 0 Å². The summed E-state index contributed by atoms with van der Waals surface area (Å²) < 4.78 is 2.36. The molecule has 0 spiro atoms. The molecule has 1 unspecified atom stereocenters. The number of hydrogen-bond donors (Lipinski definition) is 0. The second-order valence-corrected chi connectivity index (χ2v) is 7.97. The van der Waals surface area contributed by atoms with E-state index in [1.807, 2.05) is 0 Å². The summed E-state index contributed by atoms with van der Waals surface area (Å²) in [7, 11) is 0. The predicted octanol–water partition coefficient (Wildman–Crippen LogP) is 3.29. The maximum absolute atomic E-state index is 12.7. The molecule has 132 valence electrons. The average Bonchev–Trinajstić information content (AvgIpc) is 3.20. The summed E-state index contributed by atoms with van der Waals surface area (Å²) in [5.41, 5.74) is 0. The Labute approximate surface area is 144 Å². The van der Waals surface area contributed by atoms with Crippen molar-refractivity contribution >= 4 is 5.91 Å². The third-order valence-corrected chi connectivity index (χ3v) is 6.22. The highest BCUT2D eigenvalue weighted by molar-refractivity contribution is 5.76. The summed E-state index contributed by atoms with van der Waals surface area (Å²) in [4.78, 5) is 14.8. The molecule has 0 N–H and O–H groups in total. The molecule has 1 aromatic rings. The second kappa shape index (κ2) is 7.24. The molecule has 1 atom stereocenters. The molecule has 3 heterocycles. The fourth-order valence-corrected chi connectivity index (χ4v) is 4.81. The lowest BCUT2D eigenvalue weighted by molar-refractivity contribution is -0.133. The van der Waals surface area contributed by atoms with Gasteiger partial charge in [-0.2, -0.15) is 0 Å². The highest BCUT2D eigenvalue weighted by atomic mass is 16.2. The van der Waals surface area contributed by atoms with Gasteiger partial charge in [0.1, 0.15) is 11.6 Å². The summed E-state index contributed by atoms with van der Waals surface area (Å²) in [6.45, 7) is 2.84. The monoisotopic (exact) mass is 330 g/mol. The molecule has 5 heteroatoms. The van der Waals surface area contributed by atoms with Crippen molar-refractivity contribution in [2.45, 2.75) is 83.1 Å². The Hall–Kier alpha value is -1.39. The molecule has 5 nitrogen and oxygen atoms in total. The topological polar surface area (TPSA) is 51.0 Å². The van der Waals surface area contributed by atoms with Gasteiger partial charge in [-0.25, -0.2) is 0 Å². The van der Waals surface area contributed by atoms with Gasteiger partial charge in [0.25, 0.3) is 0 Å². The zero-order chi connectivity index (χ0) is 16.4. The number of aryl methyl sites for hydroxylation is 1. The fraction of sp³-hybridized carbons (Fsp3) is 0.842. The molecule has 1 saturated heterocycles. The van der Waals surface area contributed by atoms with Crippen LogP contribution in [-0.2, 0) is 17.8 Å². The van der Waals surface area contributed by atoms with E-state index in [1.54, 1.807) is 0 Å². The van der Waals surface area contributed by atoms with Gasteiger partial charge in [-0.1, -0.05) is 19.3 Å². The zero-order valence-corrected chi connectivity index (χ0v) is 14.8. The van der Waals surface area contributed by atoms with E-state index < -0.39 is 0 Å². The lowest BCUT2D eigenvalue weighted by Crippen LogP contribution is -2.40. The second-order valence-electron chi connectivity index (χ2n) is 7.97. The molecule has 0 bridgehead atoms. The number of nitrogens with zero attached hydrogens (tertiary/aromatic N) is 4. The van der Waals surface area contributed by atoms with Crippen molar-refractivity contribution < 1.29 is 4.79 Å². The maximum atomic E-state index is 12.7. The summed E-state index contributed by atoms with van der Waals surface area (Å²) in [5.74, 6) is 3.71. The van der Waals surface area contributed by atoms with E-state index in [0.717, 1.165) is 57.0 Å². The van der Waals surface area contributed by atoms with Crippen molar-refractivity contribution in [3.8, 4) is 0 Å². The highest BCUT2D eigenvalue weighted by Gasteiger charge is 2.30. The molecule has 2 fully saturated rings. The molecule has 1 aromatic heterocycles. The van der Waals surface area contributed by atoms with Gasteiger partial charge in [0.15, 0.2) is 0 Å². The minimum absolute atomic E-state index is 0.377. The van der Waals surface area contributed by atoms with Crippen molar-refractivity contribution in [3.05, 3.63) is 11.6 Å². The van der Waals surface area contributed by atoms with Crippen LogP contribution in [-0.4, -0.2) is 38.7 Å². The van der Waals surface area contributed by atoms with E-state index in [1.165, 1.54) is 44.9 Å². The number of hydrogen-bond acceptors (Lipinski definition) is 3. The Bertz CT molecular complexity index is 576. The summed E-state index contributed by atoms with van der Waals surface area (Å²) in [5, 5.41) is 8.99. The van der Waals surface area contributed by atoms with Crippen LogP contribution in [0.3, 0.4) is 0 Å². The predicted molar refractivity (Wildman–Crippen MR) is 92.7 cm³/mol. The van der Waals surface area contributed by atoms with Gasteiger partial charge in [-0.3, -0.25) is 4.79 Å². The van der Waals surface area contributed by atoms with Gasteiger partial charge in [0.2, 0.25) is 5.91 Å². The minimum Gasteiger partial charge on any atom is -0.342 e. The van der Waals surface area contributed by atoms with Crippen LogP contribution >= 0.6 is 0 Å². The molecular formula is C19H30N4O. The van der Waals surface area contributed by atoms with Crippen LogP contribution in [0.1, 0.15) is 81.8 Å². The number of carbonyl (C=O) groups is 1. The third-order valence-electron chi connectivity index (χ3n) is 6.22. The van der Waals surface area contributed by atoms with E-state index in [0.29, 0.717) is 17.7 Å². The molecule has 0 radical (unpaired) electrons. The average molecular weight is 330 g/mol. The minimum atomic E-state index is 0.377. The molecule has 3 aliphatic rings. The smallest absolute Gasteiger partial charge is 0.222 e. The fourth-order valence-electron chi connectivity index (χ4n) is 4.81. The van der Waals surface area contributed by atoms with Crippen molar-refractivity contribution in [1.29, 1.82) is 0 Å². The van der Waals surface area contributed by atoms with E-state index in [4.69, 9.17) is 0 Å². The van der Waals surface area contributed by atoms with Crippen LogP contribution in [0.4, 0.5) is 0 Å². The molecule has 4 rings (SSSR count). The van der Waals surface area contributed by atoms with E-state index in [2.05, 4.69) is 19.7 Å². The molecule has 1 saturated carbocycles. The van der Waals surface area contributed by atoms with Crippen molar-refractivity contribution in [2.75, 3.05) is 13.1 Å². The quantitative estimate of drug-likeness (QED) is 0.854. The number of rotatable bonds is 3. The molecule has 24 heavy (non-hydrogen) atoms. The summed E-state index contributed by atoms with van der Waals surface area (Å²) in [6.07, 6.45) is 13.0. The Kier molecular flexibility index (Phi) is 4.86. The Morgan fingerprint density at radius 3 is 2.71 bits per heavy atom. The molecular weight excluding hydrogens is 300 g/mol. The number of aromatic nitrogens is 3. The molecule has 1 aliphatic carbocycles. The number of carbonyl (C=O) groups excluding carboxylic acids is 1. The maximum Gasteiger partial charge on any atom is 0.222 e. The number of amides is 1. The van der Waals surface area contributed by atoms with Gasteiger partial charge in [-0.15, -0.1) is 10.2 Å². The number of fused-ring (bicyclic) bond motifs is 1. The summed E-state index contributed by atoms with van der Waals surface area (Å²) in [6, 6.07) is 0. The lowest BCUT2D eigenvalue weighted by atomic mass is 9.95. The van der Waals surface area contributed by atoms with Crippen LogP contribution in [0, 0.1) is 5.92 Å². The number of likely N-dealkylation sites (tertiary alicyclic amines) is 1. The van der Waals surface area contributed by atoms with Crippen LogP contribution in [0.5, 0.6) is 0 Å². The van der Waals surface area contributed by atoms with Crippen molar-refractivity contribution in [2.24, 2.45) is 5.92 Å². The van der Waals surface area contributed by atoms with Gasteiger partial charge in [0.05, 0.1) is 0 Å². The van der Waals surface area contributed by atoms with Gasteiger partial charge < -0.3 is 9.47 Å². The van der Waals surface area contributed by atoms with Crippen molar-refractivity contribution in [1.82, 2.24) is 19.7 Å². The Morgan fingerprint density at radius 2 is 1.83 bits per heavy atom. The largest absolute Gasteiger partial charge is 0.342 e. The van der Waals surface area contributed by atoms with Crippen molar-refractivity contribution in [3.63, 3.8) is 0 Å². The third kappa shape index (κ3) is 3.35. The lowest BCUT2D eigenvalue weighted by Gasteiger charge is -2.33. The van der Waals surface area contributed by atoms with E-state index in [9.17, 15) is 4.79 Å². The summed E-state index contributed by atoms with van der Waals surface area (Å²) >= 11 is 0. The van der Waals surface area contributed by atoms with Gasteiger partial charge in [0, 0.05) is 38.4 Å². The Morgan fingerprint density at radius 1 is 0.958 bits per heavy atom. The Balaban J connectivity index is 1.43. The SMILES string of the molecule is O=C(CC1CCCC1)N1CCCC(c2nnc3n2CCCCC3)C1. The first-order valence-corrected chi connectivity index (χ1v) is 10.0. The van der Waals surface area contributed by atoms with Crippen LogP contribution in [0.2, 0.25) is 0 Å². The normalized spacial score (nSPS) is 25.5. The molecule has 1 amide bonds. The van der Waals surface area contributed by atoms with E-state index >= 15 is 0 Å². The number of piperidine rings is 1. The standard InChI is InChI=1S/C19H30N4O/c24-18(13-15-7-3-4-8-15)22-11-6-9-16(14-22)19-21-20-17-10-2-1-5-12-23(17)19/h15-16H,1-14H2. The van der Waals surface area contributed by atoms with E-state index in [-0.39, 0.29) is 0 Å². The zero-order valence-electron chi connectivity index (χ0n) is 14.8. The molecule has 2 aliphatic heterocycles. The van der Waals surface area contributed by atoms with Gasteiger partial charge >= 0.3 is 0 Å². The first-order valence-electron chi connectivity index (χ1n) is 10.0. The van der Waals surface area contributed by atoms with Gasteiger partial charge in [-0.05, 0) is 44.4 Å². The first-order chi connectivity index (χ1) is 11.8. The molecule has 0 aromatic carbocycles. The highest BCUT2D eigenvalue weighted by Crippen LogP contribution is 2.31.